The highest BCUT2D eigenvalue weighted by Gasteiger charge is 2.09. The lowest BCUT2D eigenvalue weighted by atomic mass is 10.2. The molecule has 1 aliphatic heterocycles. The van der Waals surface area contributed by atoms with Crippen molar-refractivity contribution in [2.45, 2.75) is 6.42 Å². The van der Waals surface area contributed by atoms with Crippen LogP contribution in [0.3, 0.4) is 0 Å². The average molecular weight is 145 g/mol. The first-order valence-electron chi connectivity index (χ1n) is 3.53. The fourth-order valence-corrected chi connectivity index (χ4v) is 1.26. The van der Waals surface area contributed by atoms with E-state index in [0.717, 1.165) is 18.7 Å². The Bertz CT molecular complexity index is 325. The first-order chi connectivity index (χ1) is 5.40. The van der Waals surface area contributed by atoms with Crippen LogP contribution in [0.4, 0.5) is 5.69 Å². The smallest absolute Gasteiger partial charge is 0.140 e. The Morgan fingerprint density at radius 1 is 1.64 bits per heavy atom. The fraction of sp³-hybridized carbons (Fsp3) is 0.250. The number of anilines is 1. The average Bonchev–Trinajstić information content (AvgIpc) is 2.50. The molecule has 0 aromatic carbocycles. The van der Waals surface area contributed by atoms with Gasteiger partial charge in [-0.3, -0.25) is 0 Å². The molecule has 0 saturated heterocycles. The Hall–Kier alpha value is -1.56. The van der Waals surface area contributed by atoms with Crippen molar-refractivity contribution in [1.82, 2.24) is 4.98 Å². The van der Waals surface area contributed by atoms with Crippen LogP contribution in [0.5, 0.6) is 0 Å². The molecule has 2 rings (SSSR count). The van der Waals surface area contributed by atoms with Gasteiger partial charge in [-0.25, -0.2) is 4.98 Å². The number of nitrogens with zero attached hydrogens (tertiary/aromatic N) is 2. The van der Waals surface area contributed by atoms with Gasteiger partial charge < -0.3 is 5.32 Å². The largest absolute Gasteiger partial charge is 0.383 e. The summed E-state index contributed by atoms with van der Waals surface area (Å²) in [5, 5.41) is 11.7. The van der Waals surface area contributed by atoms with Gasteiger partial charge in [0.2, 0.25) is 0 Å². The molecule has 0 aliphatic carbocycles. The Balaban J connectivity index is 2.51. The van der Waals surface area contributed by atoms with Crippen LogP contribution in [0.25, 0.3) is 0 Å². The highest BCUT2D eigenvalue weighted by molar-refractivity contribution is 5.55. The Labute approximate surface area is 64.7 Å². The zero-order chi connectivity index (χ0) is 7.68. The van der Waals surface area contributed by atoms with Gasteiger partial charge in [-0.15, -0.1) is 0 Å². The third-order valence-electron chi connectivity index (χ3n) is 1.81. The van der Waals surface area contributed by atoms with Gasteiger partial charge in [-0.1, -0.05) is 0 Å². The minimum atomic E-state index is 0.507. The summed E-state index contributed by atoms with van der Waals surface area (Å²) in [6, 6.07) is 3.86. The molecule has 0 amide bonds. The number of fused-ring (bicyclic) bond motifs is 1. The molecule has 0 spiro atoms. The third kappa shape index (κ3) is 0.926. The van der Waals surface area contributed by atoms with Crippen molar-refractivity contribution >= 4 is 5.69 Å². The van der Waals surface area contributed by atoms with Crippen molar-refractivity contribution in [3.05, 3.63) is 23.5 Å². The van der Waals surface area contributed by atoms with E-state index in [1.807, 2.05) is 12.1 Å². The predicted octanol–water partition coefficient (Wildman–Crippen LogP) is 0.921. The summed E-state index contributed by atoms with van der Waals surface area (Å²) < 4.78 is 0. The van der Waals surface area contributed by atoms with Crippen molar-refractivity contribution in [1.29, 1.82) is 5.26 Å². The van der Waals surface area contributed by atoms with Gasteiger partial charge in [0, 0.05) is 6.54 Å². The van der Waals surface area contributed by atoms with Crippen LogP contribution in [0.15, 0.2) is 12.3 Å². The Morgan fingerprint density at radius 3 is 3.36 bits per heavy atom. The van der Waals surface area contributed by atoms with Crippen molar-refractivity contribution < 1.29 is 0 Å². The number of nitriles is 1. The molecule has 1 N–H and O–H groups in total. The van der Waals surface area contributed by atoms with Crippen LogP contribution in [-0.4, -0.2) is 11.5 Å². The van der Waals surface area contributed by atoms with Gasteiger partial charge in [0.15, 0.2) is 0 Å². The first-order valence-corrected chi connectivity index (χ1v) is 3.53. The second-order valence-corrected chi connectivity index (χ2v) is 2.52. The van der Waals surface area contributed by atoms with Crippen molar-refractivity contribution in [3.63, 3.8) is 0 Å². The number of hydrogen-bond acceptors (Lipinski definition) is 3. The third-order valence-corrected chi connectivity index (χ3v) is 1.81. The summed E-state index contributed by atoms with van der Waals surface area (Å²) in [5.74, 6) is 0. The lowest BCUT2D eigenvalue weighted by Crippen LogP contribution is -1.91. The topological polar surface area (TPSA) is 48.7 Å². The van der Waals surface area contributed by atoms with E-state index in [9.17, 15) is 0 Å². The molecule has 3 nitrogen and oxygen atoms in total. The summed E-state index contributed by atoms with van der Waals surface area (Å²) >= 11 is 0. The first kappa shape index (κ1) is 6.17. The van der Waals surface area contributed by atoms with E-state index in [0.29, 0.717) is 5.69 Å². The SMILES string of the molecule is N#Cc1cc2c(cn1)NCC2. The normalized spacial score (nSPS) is 13.4. The zero-order valence-electron chi connectivity index (χ0n) is 5.96. The minimum absolute atomic E-state index is 0.507. The van der Waals surface area contributed by atoms with E-state index in [2.05, 4.69) is 10.3 Å². The van der Waals surface area contributed by atoms with E-state index in [1.165, 1.54) is 5.56 Å². The zero-order valence-corrected chi connectivity index (χ0v) is 5.96. The quantitative estimate of drug-likeness (QED) is 0.590. The van der Waals surface area contributed by atoms with Crippen LogP contribution in [-0.2, 0) is 6.42 Å². The Morgan fingerprint density at radius 2 is 2.55 bits per heavy atom. The monoisotopic (exact) mass is 145 g/mol. The summed E-state index contributed by atoms with van der Waals surface area (Å²) in [6.07, 6.45) is 2.73. The maximum absolute atomic E-state index is 8.54. The molecular weight excluding hydrogens is 138 g/mol. The van der Waals surface area contributed by atoms with Crippen molar-refractivity contribution in [2.75, 3.05) is 11.9 Å². The van der Waals surface area contributed by atoms with Crippen LogP contribution in [0, 0.1) is 11.3 Å². The number of pyridine rings is 1. The number of nitrogens with one attached hydrogen (secondary N) is 1. The summed E-state index contributed by atoms with van der Waals surface area (Å²) in [4.78, 5) is 3.95. The molecule has 0 bridgehead atoms. The van der Waals surface area contributed by atoms with Crippen molar-refractivity contribution in [3.8, 4) is 6.07 Å². The van der Waals surface area contributed by atoms with Crippen LogP contribution in [0.1, 0.15) is 11.3 Å². The molecule has 0 saturated carbocycles. The van der Waals surface area contributed by atoms with Crippen LogP contribution >= 0.6 is 0 Å². The molecule has 54 valence electrons. The summed E-state index contributed by atoms with van der Waals surface area (Å²) in [5.41, 5.74) is 2.79. The van der Waals surface area contributed by atoms with Crippen LogP contribution < -0.4 is 5.32 Å². The maximum atomic E-state index is 8.54. The predicted molar refractivity (Wildman–Crippen MR) is 41.1 cm³/mol. The molecule has 0 atom stereocenters. The molecule has 0 fully saturated rings. The number of aromatic nitrogens is 1. The van der Waals surface area contributed by atoms with Gasteiger partial charge in [0.05, 0.1) is 11.9 Å². The molecule has 0 unspecified atom stereocenters. The molecule has 0 radical (unpaired) electrons. The molecule has 1 aliphatic rings. The van der Waals surface area contributed by atoms with Gasteiger partial charge in [0.25, 0.3) is 0 Å². The summed E-state index contributed by atoms with van der Waals surface area (Å²) in [7, 11) is 0. The number of rotatable bonds is 0. The van der Waals surface area contributed by atoms with Gasteiger partial charge in [0.1, 0.15) is 11.8 Å². The highest BCUT2D eigenvalue weighted by atomic mass is 14.9. The van der Waals surface area contributed by atoms with Gasteiger partial charge in [-0.05, 0) is 18.1 Å². The second kappa shape index (κ2) is 2.24. The Kier molecular flexibility index (Phi) is 1.26. The van der Waals surface area contributed by atoms with Gasteiger partial charge in [-0.2, -0.15) is 5.26 Å². The number of hydrogen-bond donors (Lipinski definition) is 1. The lowest BCUT2D eigenvalue weighted by molar-refractivity contribution is 1.10. The highest BCUT2D eigenvalue weighted by Crippen LogP contribution is 2.20. The molecular formula is C8H7N3. The van der Waals surface area contributed by atoms with Crippen LogP contribution in [0.2, 0.25) is 0 Å². The second-order valence-electron chi connectivity index (χ2n) is 2.52. The van der Waals surface area contributed by atoms with E-state index >= 15 is 0 Å². The van der Waals surface area contributed by atoms with E-state index in [1.54, 1.807) is 6.20 Å². The van der Waals surface area contributed by atoms with E-state index < -0.39 is 0 Å². The molecule has 1 aromatic heterocycles. The van der Waals surface area contributed by atoms with Crippen molar-refractivity contribution in [2.24, 2.45) is 0 Å². The molecule has 3 heteroatoms. The lowest BCUT2D eigenvalue weighted by Gasteiger charge is -1.96. The minimum Gasteiger partial charge on any atom is -0.383 e. The summed E-state index contributed by atoms with van der Waals surface area (Å²) in [6.45, 7) is 0.964. The molecule has 11 heavy (non-hydrogen) atoms. The fourth-order valence-electron chi connectivity index (χ4n) is 1.26. The van der Waals surface area contributed by atoms with E-state index in [4.69, 9.17) is 5.26 Å². The van der Waals surface area contributed by atoms with Gasteiger partial charge >= 0.3 is 0 Å². The standard InChI is InChI=1S/C8H7N3/c9-4-7-3-6-1-2-10-8(6)5-11-7/h3,5,10H,1-2H2. The molecule has 1 aromatic rings. The van der Waals surface area contributed by atoms with E-state index in [-0.39, 0.29) is 0 Å². The molecule has 2 heterocycles. The maximum Gasteiger partial charge on any atom is 0.140 e.